The van der Waals surface area contributed by atoms with Gasteiger partial charge in [-0.15, -0.1) is 0 Å². The number of allylic oxidation sites excluding steroid dienone is 4. The van der Waals surface area contributed by atoms with Crippen LogP contribution in [0, 0.1) is 0 Å². The molecule has 1 aliphatic carbocycles. The minimum absolute atomic E-state index is 0. The Morgan fingerprint density at radius 3 is 1.45 bits per heavy atom. The van der Waals surface area contributed by atoms with Gasteiger partial charge in [0, 0.05) is 0 Å². The first-order chi connectivity index (χ1) is 4.00. The van der Waals surface area contributed by atoms with E-state index in [-0.39, 0.29) is 69.0 Å². The summed E-state index contributed by atoms with van der Waals surface area (Å²) in [5.74, 6) is 0. The van der Waals surface area contributed by atoms with E-state index in [9.17, 15) is 0 Å². The summed E-state index contributed by atoms with van der Waals surface area (Å²) in [5.41, 5.74) is 0. The summed E-state index contributed by atoms with van der Waals surface area (Å²) in [4.78, 5) is 0. The Morgan fingerprint density at radius 1 is 0.727 bits per heavy atom. The fraction of sp³-hybridized carbons (Fsp3) is 0.500. The molecule has 0 amide bonds. The van der Waals surface area contributed by atoms with Crippen LogP contribution in [0.2, 0.25) is 0 Å². The van der Waals surface area contributed by atoms with Crippen molar-refractivity contribution in [3.8, 4) is 0 Å². The van der Waals surface area contributed by atoms with Gasteiger partial charge in [0.05, 0.1) is 0 Å². The second-order valence-electron chi connectivity index (χ2n) is 2.14. The van der Waals surface area contributed by atoms with Crippen molar-refractivity contribution in [1.82, 2.24) is 0 Å². The number of halogens is 2. The number of hydrogen-bond acceptors (Lipinski definition) is 0. The molecule has 0 spiro atoms. The molecule has 0 fully saturated rings. The molecule has 0 saturated heterocycles. The third-order valence-electron chi connectivity index (χ3n) is 1.37. The molecule has 3 heteroatoms. The standard InChI is InChI=1S/C8H12.2HI.Pt/c1-2-4-6-8-7-5-3-1;;;/h1-4H,5-8H2;2*1H;/q;;;+2/p-2. The van der Waals surface area contributed by atoms with Crippen molar-refractivity contribution >= 4 is 0 Å². The molecule has 0 aromatic rings. The van der Waals surface area contributed by atoms with Crippen LogP contribution in [-0.2, 0) is 21.1 Å². The van der Waals surface area contributed by atoms with Crippen molar-refractivity contribution in [3.05, 3.63) is 24.3 Å². The Kier molecular flexibility index (Phi) is 23.7. The summed E-state index contributed by atoms with van der Waals surface area (Å²) in [7, 11) is 0. The summed E-state index contributed by atoms with van der Waals surface area (Å²) >= 11 is 0. The van der Waals surface area contributed by atoms with Gasteiger partial charge < -0.3 is 48.0 Å². The first kappa shape index (κ1) is 18.4. The van der Waals surface area contributed by atoms with E-state index >= 15 is 0 Å². The Balaban J connectivity index is -0.000000213. The maximum absolute atomic E-state index is 2.23. The molecule has 11 heavy (non-hydrogen) atoms. The quantitative estimate of drug-likeness (QED) is 0.274. The fourth-order valence-electron chi connectivity index (χ4n) is 0.874. The second kappa shape index (κ2) is 14.2. The predicted octanol–water partition coefficient (Wildman–Crippen LogP) is -3.32. The van der Waals surface area contributed by atoms with Gasteiger partial charge in [-0.05, 0) is 25.7 Å². The van der Waals surface area contributed by atoms with Gasteiger partial charge >= 0.3 is 21.1 Å². The SMILES string of the molecule is C1=CCCCCC=C1.[I-].[I-].[Pt+2]. The minimum atomic E-state index is 0. The summed E-state index contributed by atoms with van der Waals surface area (Å²) < 4.78 is 0. The predicted molar refractivity (Wildman–Crippen MR) is 36.7 cm³/mol. The summed E-state index contributed by atoms with van der Waals surface area (Å²) in [6, 6.07) is 0. The van der Waals surface area contributed by atoms with E-state index in [1.165, 1.54) is 25.7 Å². The largest absolute Gasteiger partial charge is 2.00 e. The molecule has 0 bridgehead atoms. The van der Waals surface area contributed by atoms with Crippen molar-refractivity contribution < 1.29 is 69.0 Å². The van der Waals surface area contributed by atoms with E-state index in [1.54, 1.807) is 0 Å². The van der Waals surface area contributed by atoms with E-state index in [0.29, 0.717) is 0 Å². The Morgan fingerprint density at radius 2 is 1.09 bits per heavy atom. The van der Waals surface area contributed by atoms with Crippen LogP contribution in [0.5, 0.6) is 0 Å². The van der Waals surface area contributed by atoms with Gasteiger partial charge in [0.2, 0.25) is 0 Å². The summed E-state index contributed by atoms with van der Waals surface area (Å²) in [5, 5.41) is 0. The molecule has 0 aromatic carbocycles. The van der Waals surface area contributed by atoms with Gasteiger partial charge in [0.25, 0.3) is 0 Å². The van der Waals surface area contributed by atoms with Crippen molar-refractivity contribution in [3.63, 3.8) is 0 Å². The minimum Gasteiger partial charge on any atom is -1.00 e. The van der Waals surface area contributed by atoms with E-state index in [0.717, 1.165) is 0 Å². The van der Waals surface area contributed by atoms with E-state index in [2.05, 4.69) is 24.3 Å². The summed E-state index contributed by atoms with van der Waals surface area (Å²) in [6.07, 6.45) is 14.0. The molecule has 0 saturated carbocycles. The molecule has 0 radical (unpaired) electrons. The smallest absolute Gasteiger partial charge is 1.00 e. The van der Waals surface area contributed by atoms with Crippen LogP contribution < -0.4 is 48.0 Å². The molecule has 0 aliphatic heterocycles. The Bertz CT molecular complexity index is 96.7. The van der Waals surface area contributed by atoms with Crippen LogP contribution in [0.1, 0.15) is 25.7 Å². The number of rotatable bonds is 0. The number of hydrogen-bond donors (Lipinski definition) is 0. The van der Waals surface area contributed by atoms with Gasteiger partial charge in [-0.25, -0.2) is 0 Å². The fourth-order valence-corrected chi connectivity index (χ4v) is 0.874. The third-order valence-corrected chi connectivity index (χ3v) is 1.37. The van der Waals surface area contributed by atoms with Crippen LogP contribution in [0.25, 0.3) is 0 Å². The van der Waals surface area contributed by atoms with Crippen LogP contribution in [0.15, 0.2) is 24.3 Å². The molecule has 1 aliphatic rings. The topological polar surface area (TPSA) is 0 Å². The zero-order valence-electron chi connectivity index (χ0n) is 6.21. The Hall–Kier alpha value is 1.63. The maximum atomic E-state index is 2.23. The average Bonchev–Trinajstić information content (AvgIpc) is 1.62. The van der Waals surface area contributed by atoms with E-state index in [4.69, 9.17) is 0 Å². The van der Waals surface area contributed by atoms with Crippen molar-refractivity contribution in [2.24, 2.45) is 0 Å². The molecule has 0 unspecified atom stereocenters. The van der Waals surface area contributed by atoms with Crippen LogP contribution in [0.4, 0.5) is 0 Å². The van der Waals surface area contributed by atoms with Crippen molar-refractivity contribution in [2.75, 3.05) is 0 Å². The summed E-state index contributed by atoms with van der Waals surface area (Å²) in [6.45, 7) is 0. The monoisotopic (exact) mass is 557 g/mol. The first-order valence-electron chi connectivity index (χ1n) is 3.32. The van der Waals surface area contributed by atoms with Crippen LogP contribution >= 0.6 is 0 Å². The third kappa shape index (κ3) is 11.6. The molecular weight excluding hydrogens is 545 g/mol. The van der Waals surface area contributed by atoms with Gasteiger partial charge in [-0.2, -0.15) is 0 Å². The van der Waals surface area contributed by atoms with Gasteiger partial charge in [0.1, 0.15) is 0 Å². The molecule has 68 valence electrons. The molecule has 0 aromatic heterocycles. The zero-order valence-corrected chi connectivity index (χ0v) is 12.8. The van der Waals surface area contributed by atoms with E-state index in [1.807, 2.05) is 0 Å². The molecule has 0 nitrogen and oxygen atoms in total. The van der Waals surface area contributed by atoms with Crippen LogP contribution in [0.3, 0.4) is 0 Å². The molecule has 1 rings (SSSR count). The van der Waals surface area contributed by atoms with Crippen LogP contribution in [-0.4, -0.2) is 0 Å². The maximum Gasteiger partial charge on any atom is 2.00 e. The molecule has 0 atom stereocenters. The average molecular weight is 557 g/mol. The Labute approximate surface area is 118 Å². The molecule has 0 heterocycles. The van der Waals surface area contributed by atoms with Crippen molar-refractivity contribution in [1.29, 1.82) is 0 Å². The zero-order chi connectivity index (χ0) is 5.66. The van der Waals surface area contributed by atoms with Gasteiger partial charge in [0.15, 0.2) is 0 Å². The van der Waals surface area contributed by atoms with Gasteiger partial charge in [-0.1, -0.05) is 24.3 Å². The first-order valence-corrected chi connectivity index (χ1v) is 3.32. The molecule has 0 N–H and O–H groups in total. The normalized spacial score (nSPS) is 14.5. The second-order valence-corrected chi connectivity index (χ2v) is 2.14. The molecular formula is C8H12I2Pt. The van der Waals surface area contributed by atoms with Gasteiger partial charge in [-0.3, -0.25) is 0 Å². The van der Waals surface area contributed by atoms with E-state index < -0.39 is 0 Å². The van der Waals surface area contributed by atoms with Crippen molar-refractivity contribution in [2.45, 2.75) is 25.7 Å².